The summed E-state index contributed by atoms with van der Waals surface area (Å²) in [7, 11) is 1.94. The molecule has 22 heavy (non-hydrogen) atoms. The van der Waals surface area contributed by atoms with E-state index in [-0.39, 0.29) is 23.7 Å². The van der Waals surface area contributed by atoms with Crippen molar-refractivity contribution in [1.29, 1.82) is 0 Å². The lowest BCUT2D eigenvalue weighted by Gasteiger charge is -2.23. The maximum Gasteiger partial charge on any atom is 0.240 e. The number of halogens is 1. The predicted octanol–water partition coefficient (Wildman–Crippen LogP) is 2.02. The molecule has 2 heterocycles. The molecule has 0 bridgehead atoms. The second kappa shape index (κ2) is 7.94. The molecule has 1 unspecified atom stereocenters. The first-order chi connectivity index (χ1) is 9.90. The summed E-state index contributed by atoms with van der Waals surface area (Å²) >= 11 is 0. The van der Waals surface area contributed by atoms with E-state index in [1.165, 1.54) is 0 Å². The third-order valence-corrected chi connectivity index (χ3v) is 3.83. The number of anilines is 1. The van der Waals surface area contributed by atoms with Gasteiger partial charge in [-0.3, -0.25) is 15.0 Å². The van der Waals surface area contributed by atoms with Crippen LogP contribution in [0.5, 0.6) is 0 Å². The zero-order valence-corrected chi connectivity index (χ0v) is 14.6. The van der Waals surface area contributed by atoms with Crippen molar-refractivity contribution in [2.75, 3.05) is 32.0 Å². The van der Waals surface area contributed by atoms with E-state index in [0.717, 1.165) is 31.6 Å². The van der Waals surface area contributed by atoms with Gasteiger partial charge in [0.05, 0.1) is 12.2 Å². The zero-order chi connectivity index (χ0) is 15.5. The van der Waals surface area contributed by atoms with Crippen LogP contribution < -0.4 is 10.6 Å². The summed E-state index contributed by atoms with van der Waals surface area (Å²) in [5, 5.41) is 9.98. The lowest BCUT2D eigenvalue weighted by Crippen LogP contribution is -2.41. The largest absolute Gasteiger partial charge is 0.338 e. The number of likely N-dealkylation sites (N-methyl/N-ethyl adjacent to an activating group) is 1. The minimum atomic E-state index is -0.0840. The van der Waals surface area contributed by atoms with Crippen LogP contribution >= 0.6 is 12.4 Å². The summed E-state index contributed by atoms with van der Waals surface area (Å²) in [5.74, 6) is 0.379. The van der Waals surface area contributed by atoms with E-state index in [9.17, 15) is 4.79 Å². The Bertz CT molecular complexity index is 484. The number of nitrogens with one attached hydrogen (secondary N) is 2. The Morgan fingerprint density at radius 1 is 1.50 bits per heavy atom. The maximum atomic E-state index is 12.1. The van der Waals surface area contributed by atoms with Crippen LogP contribution in [0.15, 0.2) is 10.6 Å². The highest BCUT2D eigenvalue weighted by Gasteiger charge is 2.26. The van der Waals surface area contributed by atoms with Crippen molar-refractivity contribution < 1.29 is 9.32 Å². The van der Waals surface area contributed by atoms with Crippen LogP contribution in [0.1, 0.15) is 39.3 Å². The standard InChI is InChI=1S/C15H26N4O2.ClH/c1-15(2,3)12-8-14(21-18-12)17-13(20)10-19-7-5-6-11(19)9-16-4;/h8,11,16H,5-7,9-10H2,1-4H3,(H,17,20);1H. The summed E-state index contributed by atoms with van der Waals surface area (Å²) in [6, 6.07) is 2.24. The Morgan fingerprint density at radius 2 is 2.23 bits per heavy atom. The third-order valence-electron chi connectivity index (χ3n) is 3.83. The second-order valence-electron chi connectivity index (χ2n) is 6.70. The van der Waals surface area contributed by atoms with Gasteiger partial charge < -0.3 is 9.84 Å². The highest BCUT2D eigenvalue weighted by Crippen LogP contribution is 2.23. The lowest BCUT2D eigenvalue weighted by molar-refractivity contribution is -0.117. The van der Waals surface area contributed by atoms with E-state index in [2.05, 4.69) is 41.5 Å². The quantitative estimate of drug-likeness (QED) is 0.864. The summed E-state index contributed by atoms with van der Waals surface area (Å²) in [6.07, 6.45) is 2.29. The van der Waals surface area contributed by atoms with Gasteiger partial charge in [0.25, 0.3) is 0 Å². The van der Waals surface area contributed by atoms with Gasteiger partial charge in [-0.25, -0.2) is 0 Å². The number of carbonyl (C=O) groups excluding carboxylic acids is 1. The van der Waals surface area contributed by atoms with Crippen LogP contribution in [0.2, 0.25) is 0 Å². The van der Waals surface area contributed by atoms with Gasteiger partial charge >= 0.3 is 0 Å². The van der Waals surface area contributed by atoms with Crippen molar-refractivity contribution in [2.24, 2.45) is 0 Å². The number of rotatable bonds is 5. The summed E-state index contributed by atoms with van der Waals surface area (Å²) in [4.78, 5) is 14.3. The molecule has 2 rings (SSSR count). The van der Waals surface area contributed by atoms with Crippen molar-refractivity contribution in [1.82, 2.24) is 15.4 Å². The number of likely N-dealkylation sites (tertiary alicyclic amines) is 1. The average molecular weight is 331 g/mol. The Labute approximate surface area is 138 Å². The summed E-state index contributed by atoms with van der Waals surface area (Å²) in [5.41, 5.74) is 0.756. The van der Waals surface area contributed by atoms with E-state index in [0.29, 0.717) is 18.5 Å². The van der Waals surface area contributed by atoms with Crippen molar-refractivity contribution in [2.45, 2.75) is 45.1 Å². The SMILES string of the molecule is CNCC1CCCN1CC(=O)Nc1cc(C(C)(C)C)no1.Cl. The van der Waals surface area contributed by atoms with E-state index >= 15 is 0 Å². The van der Waals surface area contributed by atoms with Crippen LogP contribution in [0.25, 0.3) is 0 Å². The first-order valence-corrected chi connectivity index (χ1v) is 7.56. The number of carbonyl (C=O) groups is 1. The normalized spacial score (nSPS) is 19.0. The predicted molar refractivity (Wildman–Crippen MR) is 89.6 cm³/mol. The molecule has 0 spiro atoms. The van der Waals surface area contributed by atoms with Gasteiger partial charge in [-0.1, -0.05) is 25.9 Å². The van der Waals surface area contributed by atoms with Gasteiger partial charge in [0.15, 0.2) is 0 Å². The molecule has 1 aliphatic heterocycles. The third kappa shape index (κ3) is 4.97. The molecule has 7 heteroatoms. The molecule has 2 N–H and O–H groups in total. The van der Waals surface area contributed by atoms with Crippen molar-refractivity contribution in [3.63, 3.8) is 0 Å². The minimum absolute atomic E-state index is 0. The minimum Gasteiger partial charge on any atom is -0.338 e. The van der Waals surface area contributed by atoms with Gasteiger partial charge in [-0.15, -0.1) is 12.4 Å². The first-order valence-electron chi connectivity index (χ1n) is 7.56. The van der Waals surface area contributed by atoms with Crippen LogP contribution in [0.4, 0.5) is 5.88 Å². The fourth-order valence-corrected chi connectivity index (χ4v) is 2.62. The number of nitrogens with zero attached hydrogens (tertiary/aromatic N) is 2. The Morgan fingerprint density at radius 3 is 2.82 bits per heavy atom. The van der Waals surface area contributed by atoms with Crippen LogP contribution in [-0.4, -0.2) is 48.7 Å². The van der Waals surface area contributed by atoms with Gasteiger partial charge in [-0.2, -0.15) is 0 Å². The molecule has 1 saturated heterocycles. The molecule has 1 aliphatic rings. The van der Waals surface area contributed by atoms with E-state index < -0.39 is 0 Å². The molecule has 0 aromatic carbocycles. The van der Waals surface area contributed by atoms with Crippen molar-refractivity contribution >= 4 is 24.2 Å². The second-order valence-corrected chi connectivity index (χ2v) is 6.70. The molecule has 0 radical (unpaired) electrons. The fraction of sp³-hybridized carbons (Fsp3) is 0.733. The van der Waals surface area contributed by atoms with E-state index in [1.807, 2.05) is 7.05 Å². The molecule has 1 aromatic heterocycles. The number of hydrogen-bond donors (Lipinski definition) is 2. The summed E-state index contributed by atoms with van der Waals surface area (Å²) in [6.45, 7) is 8.47. The van der Waals surface area contributed by atoms with Crippen molar-refractivity contribution in [3.8, 4) is 0 Å². The fourth-order valence-electron chi connectivity index (χ4n) is 2.62. The van der Waals surface area contributed by atoms with Crippen LogP contribution in [-0.2, 0) is 10.2 Å². The van der Waals surface area contributed by atoms with Crippen molar-refractivity contribution in [3.05, 3.63) is 11.8 Å². The van der Waals surface area contributed by atoms with Gasteiger partial charge in [0.1, 0.15) is 0 Å². The summed E-state index contributed by atoms with van der Waals surface area (Å²) < 4.78 is 5.19. The van der Waals surface area contributed by atoms with Gasteiger partial charge in [0, 0.05) is 24.1 Å². The van der Waals surface area contributed by atoms with Crippen LogP contribution in [0, 0.1) is 0 Å². The molecule has 1 amide bonds. The highest BCUT2D eigenvalue weighted by molar-refractivity contribution is 5.91. The Hall–Kier alpha value is -1.11. The van der Waals surface area contributed by atoms with Crippen LogP contribution in [0.3, 0.4) is 0 Å². The van der Waals surface area contributed by atoms with Gasteiger partial charge in [-0.05, 0) is 26.4 Å². The topological polar surface area (TPSA) is 70.4 Å². The molecule has 1 fully saturated rings. The highest BCUT2D eigenvalue weighted by atomic mass is 35.5. The molecular weight excluding hydrogens is 304 g/mol. The number of amides is 1. The molecule has 0 aliphatic carbocycles. The number of aromatic nitrogens is 1. The first kappa shape index (κ1) is 18.9. The average Bonchev–Trinajstić information content (AvgIpc) is 2.99. The smallest absolute Gasteiger partial charge is 0.240 e. The lowest BCUT2D eigenvalue weighted by atomic mass is 9.92. The molecule has 0 saturated carbocycles. The van der Waals surface area contributed by atoms with Gasteiger partial charge in [0.2, 0.25) is 11.8 Å². The Kier molecular flexibility index (Phi) is 6.84. The maximum absolute atomic E-state index is 12.1. The van der Waals surface area contributed by atoms with E-state index in [4.69, 9.17) is 4.52 Å². The zero-order valence-electron chi connectivity index (χ0n) is 13.8. The molecular formula is C15H27ClN4O2. The monoisotopic (exact) mass is 330 g/mol. The molecule has 1 atom stereocenters. The van der Waals surface area contributed by atoms with E-state index in [1.54, 1.807) is 6.07 Å². The Balaban J connectivity index is 0.00000242. The number of hydrogen-bond acceptors (Lipinski definition) is 5. The molecule has 6 nitrogen and oxygen atoms in total. The molecule has 126 valence electrons. The molecule has 1 aromatic rings.